The molecule has 4 rings (SSSR count). The van der Waals surface area contributed by atoms with E-state index in [1.807, 2.05) is 4.57 Å². The van der Waals surface area contributed by atoms with E-state index in [2.05, 4.69) is 4.98 Å². The zero-order valence-corrected chi connectivity index (χ0v) is 15.2. The quantitative estimate of drug-likeness (QED) is 0.682. The summed E-state index contributed by atoms with van der Waals surface area (Å²) in [7, 11) is 0. The fourth-order valence-electron chi connectivity index (χ4n) is 3.43. The number of hydrogen-bond acceptors (Lipinski definition) is 3. The summed E-state index contributed by atoms with van der Waals surface area (Å²) >= 11 is 0. The number of rotatable bonds is 3. The van der Waals surface area contributed by atoms with E-state index in [1.54, 1.807) is 17.3 Å². The molecule has 8 heteroatoms. The van der Waals surface area contributed by atoms with E-state index < -0.39 is 17.5 Å². The molecule has 146 valence electrons. The molecule has 29 heavy (non-hydrogen) atoms. The van der Waals surface area contributed by atoms with Crippen LogP contribution in [-0.4, -0.2) is 26.9 Å². The lowest BCUT2D eigenvalue weighted by Gasteiger charge is -2.29. The Balaban J connectivity index is 1.56. The van der Waals surface area contributed by atoms with Gasteiger partial charge in [-0.05, 0) is 29.8 Å². The minimum Gasteiger partial charge on any atom is -0.335 e. The zero-order chi connectivity index (χ0) is 20.5. The van der Waals surface area contributed by atoms with Crippen LogP contribution in [0.5, 0.6) is 0 Å². The van der Waals surface area contributed by atoms with Crippen LogP contribution >= 0.6 is 0 Å². The summed E-state index contributed by atoms with van der Waals surface area (Å²) in [5.74, 6) is -2.22. The molecule has 0 saturated heterocycles. The van der Waals surface area contributed by atoms with Crippen LogP contribution in [-0.2, 0) is 24.3 Å². The van der Waals surface area contributed by atoms with Gasteiger partial charge in [0.25, 0.3) is 0 Å². The van der Waals surface area contributed by atoms with Gasteiger partial charge in [0.1, 0.15) is 23.5 Å². The normalized spacial score (nSPS) is 13.1. The number of nitriles is 1. The summed E-state index contributed by atoms with van der Waals surface area (Å²) in [6.45, 7) is 1.15. The molecule has 1 aliphatic heterocycles. The molecule has 1 amide bonds. The maximum atomic E-state index is 14.2. The predicted octanol–water partition coefficient (Wildman–Crippen LogP) is 3.42. The van der Waals surface area contributed by atoms with Gasteiger partial charge in [-0.15, -0.1) is 0 Å². The van der Waals surface area contributed by atoms with Gasteiger partial charge in [-0.3, -0.25) is 4.79 Å². The SMILES string of the molecule is N#Cc1cc(CC(=O)N2CCn3cnc(-c4ccc(F)cc4F)c3C2)ccc1F. The van der Waals surface area contributed by atoms with Crippen LogP contribution in [0.3, 0.4) is 0 Å². The van der Waals surface area contributed by atoms with Crippen LogP contribution < -0.4 is 0 Å². The molecule has 0 fully saturated rings. The Labute approximate surface area is 164 Å². The molecule has 0 unspecified atom stereocenters. The van der Waals surface area contributed by atoms with Gasteiger partial charge in [0.05, 0.1) is 36.2 Å². The van der Waals surface area contributed by atoms with Gasteiger partial charge < -0.3 is 9.47 Å². The van der Waals surface area contributed by atoms with Crippen molar-refractivity contribution in [2.45, 2.75) is 19.5 Å². The number of nitrogens with zero attached hydrogens (tertiary/aromatic N) is 4. The standard InChI is InChI=1S/C21H15F3N4O/c22-15-2-3-16(18(24)9-15)21-19-11-27(5-6-28(19)12-26-21)20(29)8-13-1-4-17(23)14(7-13)10-25/h1-4,7,9,12H,5-6,8,11H2. The maximum absolute atomic E-state index is 14.2. The van der Waals surface area contributed by atoms with Crippen molar-refractivity contribution in [1.82, 2.24) is 14.5 Å². The highest BCUT2D eigenvalue weighted by Gasteiger charge is 2.25. The number of imidazole rings is 1. The minimum atomic E-state index is -0.717. The fourth-order valence-corrected chi connectivity index (χ4v) is 3.43. The lowest BCUT2D eigenvalue weighted by atomic mass is 10.1. The van der Waals surface area contributed by atoms with Crippen molar-refractivity contribution in [3.63, 3.8) is 0 Å². The Hall–Kier alpha value is -3.60. The van der Waals surface area contributed by atoms with Crippen LogP contribution in [0.1, 0.15) is 16.8 Å². The van der Waals surface area contributed by atoms with Crippen molar-refractivity contribution in [2.75, 3.05) is 6.54 Å². The monoisotopic (exact) mass is 396 g/mol. The number of benzene rings is 2. The first-order valence-electron chi connectivity index (χ1n) is 8.92. The Morgan fingerprint density at radius 3 is 2.69 bits per heavy atom. The molecular formula is C21H15F3N4O. The summed E-state index contributed by atoms with van der Waals surface area (Å²) in [6.07, 6.45) is 1.60. The van der Waals surface area contributed by atoms with Crippen LogP contribution in [0.15, 0.2) is 42.7 Å². The highest BCUT2D eigenvalue weighted by Crippen LogP contribution is 2.28. The first-order chi connectivity index (χ1) is 14.0. The van der Waals surface area contributed by atoms with Gasteiger partial charge in [-0.2, -0.15) is 5.26 Å². The molecule has 0 N–H and O–H groups in total. The molecule has 5 nitrogen and oxygen atoms in total. The molecule has 3 aromatic rings. The number of carbonyl (C=O) groups is 1. The van der Waals surface area contributed by atoms with Crippen molar-refractivity contribution in [3.05, 3.63) is 77.0 Å². The van der Waals surface area contributed by atoms with E-state index in [0.717, 1.165) is 12.1 Å². The molecule has 0 saturated carbocycles. The van der Waals surface area contributed by atoms with Gasteiger partial charge in [0, 0.05) is 24.7 Å². The molecule has 0 atom stereocenters. The van der Waals surface area contributed by atoms with E-state index in [-0.39, 0.29) is 30.0 Å². The van der Waals surface area contributed by atoms with Crippen LogP contribution in [0.25, 0.3) is 11.3 Å². The van der Waals surface area contributed by atoms with Gasteiger partial charge in [0.2, 0.25) is 5.91 Å². The van der Waals surface area contributed by atoms with Crippen molar-refractivity contribution in [3.8, 4) is 17.3 Å². The Bertz CT molecular complexity index is 1150. The molecule has 1 aliphatic rings. The van der Waals surface area contributed by atoms with Gasteiger partial charge >= 0.3 is 0 Å². The molecule has 0 aliphatic carbocycles. The number of hydrogen-bond donors (Lipinski definition) is 0. The third kappa shape index (κ3) is 3.59. The van der Waals surface area contributed by atoms with Crippen LogP contribution in [0.2, 0.25) is 0 Å². The fraction of sp³-hybridized carbons (Fsp3) is 0.190. The Kier molecular flexibility index (Phi) is 4.80. The predicted molar refractivity (Wildman–Crippen MR) is 97.8 cm³/mol. The number of aromatic nitrogens is 2. The van der Waals surface area contributed by atoms with Gasteiger partial charge in [-0.25, -0.2) is 18.2 Å². The second kappa shape index (κ2) is 7.43. The van der Waals surface area contributed by atoms with E-state index in [1.165, 1.54) is 24.3 Å². The van der Waals surface area contributed by atoms with Gasteiger partial charge in [0.15, 0.2) is 0 Å². The number of carbonyl (C=O) groups excluding carboxylic acids is 1. The Morgan fingerprint density at radius 2 is 1.93 bits per heavy atom. The maximum Gasteiger partial charge on any atom is 0.227 e. The average molecular weight is 396 g/mol. The van der Waals surface area contributed by atoms with E-state index in [0.29, 0.717) is 30.0 Å². The second-order valence-electron chi connectivity index (χ2n) is 6.78. The summed E-state index contributed by atoms with van der Waals surface area (Å²) in [5, 5.41) is 8.94. The third-order valence-electron chi connectivity index (χ3n) is 4.94. The summed E-state index contributed by atoms with van der Waals surface area (Å²) in [6, 6.07) is 9.06. The van der Waals surface area contributed by atoms with E-state index in [9.17, 15) is 18.0 Å². The minimum absolute atomic E-state index is 0.0172. The summed E-state index contributed by atoms with van der Waals surface area (Å²) in [5.41, 5.74) is 1.63. The first kappa shape index (κ1) is 18.7. The highest BCUT2D eigenvalue weighted by atomic mass is 19.1. The van der Waals surface area contributed by atoms with Crippen LogP contribution in [0.4, 0.5) is 13.2 Å². The zero-order valence-electron chi connectivity index (χ0n) is 15.2. The van der Waals surface area contributed by atoms with Gasteiger partial charge in [-0.1, -0.05) is 6.07 Å². The Morgan fingerprint density at radius 1 is 1.10 bits per heavy atom. The average Bonchev–Trinajstić information content (AvgIpc) is 3.12. The van der Waals surface area contributed by atoms with Crippen molar-refractivity contribution < 1.29 is 18.0 Å². The van der Waals surface area contributed by atoms with E-state index >= 15 is 0 Å². The first-order valence-corrected chi connectivity index (χ1v) is 8.92. The summed E-state index contributed by atoms with van der Waals surface area (Å²) < 4.78 is 42.7. The molecule has 2 heterocycles. The molecular weight excluding hydrogens is 381 g/mol. The summed E-state index contributed by atoms with van der Waals surface area (Å²) in [4.78, 5) is 18.6. The number of fused-ring (bicyclic) bond motifs is 1. The number of amides is 1. The molecule has 1 aromatic heterocycles. The number of halogens is 3. The van der Waals surface area contributed by atoms with Crippen LogP contribution in [0, 0.1) is 28.8 Å². The highest BCUT2D eigenvalue weighted by molar-refractivity contribution is 5.79. The van der Waals surface area contributed by atoms with Crippen molar-refractivity contribution in [1.29, 1.82) is 5.26 Å². The lowest BCUT2D eigenvalue weighted by Crippen LogP contribution is -2.39. The molecule has 2 aromatic carbocycles. The topological polar surface area (TPSA) is 61.9 Å². The third-order valence-corrected chi connectivity index (χ3v) is 4.94. The molecule has 0 spiro atoms. The molecule has 0 radical (unpaired) electrons. The van der Waals surface area contributed by atoms with E-state index in [4.69, 9.17) is 5.26 Å². The lowest BCUT2D eigenvalue weighted by molar-refractivity contribution is -0.131. The second-order valence-corrected chi connectivity index (χ2v) is 6.78. The smallest absolute Gasteiger partial charge is 0.227 e. The van der Waals surface area contributed by atoms with Crippen molar-refractivity contribution in [2.24, 2.45) is 0 Å². The largest absolute Gasteiger partial charge is 0.335 e. The molecule has 0 bridgehead atoms. The van der Waals surface area contributed by atoms with Crippen molar-refractivity contribution >= 4 is 5.91 Å².